The van der Waals surface area contributed by atoms with Crippen molar-refractivity contribution in [2.75, 3.05) is 0 Å². The van der Waals surface area contributed by atoms with Crippen molar-refractivity contribution in [1.82, 2.24) is 0 Å². The van der Waals surface area contributed by atoms with Crippen LogP contribution in [0.3, 0.4) is 0 Å². The molecule has 0 saturated carbocycles. The van der Waals surface area contributed by atoms with Gasteiger partial charge in [0.2, 0.25) is 12.4 Å². The molecule has 0 atom stereocenters. The monoisotopic (exact) mass is 285 g/mol. The first-order valence-electron chi connectivity index (χ1n) is 5.20. The van der Waals surface area contributed by atoms with Gasteiger partial charge in [0.25, 0.3) is 0 Å². The summed E-state index contributed by atoms with van der Waals surface area (Å²) in [5.74, 6) is 0. The Hall–Kier alpha value is -1.70. The molecule has 1 aromatic heterocycles. The maximum atomic E-state index is 8.49. The number of pyridine rings is 1. The van der Waals surface area contributed by atoms with Gasteiger partial charge in [-0.3, -0.25) is 4.84 Å². The maximum absolute atomic E-state index is 8.49. The minimum absolute atomic E-state index is 0.593. The van der Waals surface area contributed by atoms with Crippen LogP contribution < -0.4 is 28.2 Å². The van der Waals surface area contributed by atoms with Crippen molar-refractivity contribution in [2.24, 2.45) is 0 Å². The lowest BCUT2D eigenvalue weighted by Crippen LogP contribution is -2.68. The molecule has 0 bridgehead atoms. The smallest absolute Gasteiger partial charge is 0.222 e. The van der Waals surface area contributed by atoms with Gasteiger partial charge < -0.3 is 0 Å². The van der Waals surface area contributed by atoms with Gasteiger partial charge in [-0.2, -0.15) is 0 Å². The molecule has 0 radical (unpaired) electrons. The van der Waals surface area contributed by atoms with Crippen LogP contribution in [-0.2, 0) is 6.61 Å². The Balaban J connectivity index is 0.000000312. The largest absolute Gasteiger partial charge is 0.267 e. The molecule has 1 heterocycles. The molecule has 102 valence electrons. The van der Waals surface area contributed by atoms with Crippen molar-refractivity contribution in [2.45, 2.75) is 6.61 Å². The van der Waals surface area contributed by atoms with E-state index in [0.29, 0.717) is 6.61 Å². The van der Waals surface area contributed by atoms with E-state index in [-0.39, 0.29) is 0 Å². The van der Waals surface area contributed by atoms with Crippen molar-refractivity contribution in [1.29, 1.82) is 0 Å². The average Bonchev–Trinajstić information content (AvgIpc) is 2.37. The van der Waals surface area contributed by atoms with E-state index >= 15 is 0 Å². The third kappa shape index (κ3) is 8.95. The molecular formula is C12H12ClNO5. The van der Waals surface area contributed by atoms with Crippen LogP contribution >= 0.6 is 0 Å². The molecule has 0 aliphatic rings. The fourth-order valence-electron chi connectivity index (χ4n) is 1.19. The standard InChI is InChI=1S/C12H12NO.ClHO4/c1-3-7-12(8-4-1)11-14-13-9-5-2-6-10-13;2-1(3,4)5/h1-10H,11H2;(H,2,3,4,5)/q+1;/p-1. The quantitative estimate of drug-likeness (QED) is 0.554. The van der Waals surface area contributed by atoms with Crippen molar-refractivity contribution < 1.29 is 38.4 Å². The van der Waals surface area contributed by atoms with Crippen LogP contribution in [-0.4, -0.2) is 0 Å². The summed E-state index contributed by atoms with van der Waals surface area (Å²) in [6, 6.07) is 15.9. The third-order valence-electron chi connectivity index (χ3n) is 1.91. The number of hydrogen-bond acceptors (Lipinski definition) is 5. The van der Waals surface area contributed by atoms with Gasteiger partial charge in [-0.15, -0.1) is 10.2 Å². The van der Waals surface area contributed by atoms with Crippen LogP contribution in [0.1, 0.15) is 5.56 Å². The fraction of sp³-hybridized carbons (Fsp3) is 0.0833. The van der Waals surface area contributed by atoms with Crippen molar-refractivity contribution in [3.05, 3.63) is 66.5 Å². The van der Waals surface area contributed by atoms with Crippen molar-refractivity contribution in [3.8, 4) is 0 Å². The number of aromatic nitrogens is 1. The zero-order valence-electron chi connectivity index (χ0n) is 9.85. The molecule has 6 nitrogen and oxygen atoms in total. The number of rotatable bonds is 3. The Morgan fingerprint density at radius 1 is 0.842 bits per heavy atom. The minimum Gasteiger partial charge on any atom is -0.267 e. The molecule has 0 unspecified atom stereocenters. The number of benzene rings is 1. The summed E-state index contributed by atoms with van der Waals surface area (Å²) >= 11 is 0. The topological polar surface area (TPSA) is 105 Å². The zero-order valence-corrected chi connectivity index (χ0v) is 10.6. The van der Waals surface area contributed by atoms with Gasteiger partial charge in [0.1, 0.15) is 0 Å². The molecule has 0 N–H and O–H groups in total. The molecule has 0 spiro atoms. The van der Waals surface area contributed by atoms with Crippen LogP contribution in [0.2, 0.25) is 0 Å². The number of nitrogens with zero attached hydrogens (tertiary/aromatic N) is 1. The Bertz CT molecular complexity index is 415. The van der Waals surface area contributed by atoms with E-state index in [1.165, 1.54) is 5.56 Å². The third-order valence-corrected chi connectivity index (χ3v) is 1.91. The molecular weight excluding hydrogens is 274 g/mol. The molecule has 2 rings (SSSR count). The highest BCUT2D eigenvalue weighted by Gasteiger charge is 1.98. The highest BCUT2D eigenvalue weighted by atomic mass is 35.7. The van der Waals surface area contributed by atoms with Gasteiger partial charge >= 0.3 is 0 Å². The molecule has 0 aliphatic heterocycles. The van der Waals surface area contributed by atoms with Gasteiger partial charge in [-0.05, 0) is 5.56 Å². The predicted molar refractivity (Wildman–Crippen MR) is 53.4 cm³/mol. The lowest BCUT2D eigenvalue weighted by atomic mass is 10.2. The van der Waals surface area contributed by atoms with E-state index in [2.05, 4.69) is 0 Å². The highest BCUT2D eigenvalue weighted by molar-refractivity contribution is 5.13. The fourth-order valence-corrected chi connectivity index (χ4v) is 1.19. The van der Waals surface area contributed by atoms with Crippen molar-refractivity contribution in [3.63, 3.8) is 0 Å². The molecule has 0 aliphatic carbocycles. The second-order valence-electron chi connectivity index (χ2n) is 3.37. The summed E-state index contributed by atoms with van der Waals surface area (Å²) in [5, 5.41) is 0. The molecule has 0 saturated heterocycles. The molecule has 0 fully saturated rings. The van der Waals surface area contributed by atoms with Crippen LogP contribution in [0.25, 0.3) is 0 Å². The highest BCUT2D eigenvalue weighted by Crippen LogP contribution is 1.96. The summed E-state index contributed by atoms with van der Waals surface area (Å²) in [6.45, 7) is 0.593. The number of halogens is 1. The maximum Gasteiger partial charge on any atom is 0.222 e. The second kappa shape index (κ2) is 7.67. The first-order chi connectivity index (χ1) is 8.95. The van der Waals surface area contributed by atoms with Gasteiger partial charge in [0.15, 0.2) is 6.61 Å². The number of hydrogen-bond donors (Lipinski definition) is 0. The Morgan fingerprint density at radius 3 is 1.84 bits per heavy atom. The summed E-state index contributed by atoms with van der Waals surface area (Å²) in [6.07, 6.45) is 3.76. The summed E-state index contributed by atoms with van der Waals surface area (Å²) in [7, 11) is -4.94. The Kier molecular flexibility index (Phi) is 6.20. The lowest BCUT2D eigenvalue weighted by molar-refractivity contribution is -2.00. The molecule has 0 amide bonds. The van der Waals surface area contributed by atoms with Crippen molar-refractivity contribution >= 4 is 0 Å². The normalized spacial score (nSPS) is 10.3. The molecule has 7 heteroatoms. The Labute approximate surface area is 112 Å². The van der Waals surface area contributed by atoms with E-state index in [4.69, 9.17) is 23.5 Å². The first kappa shape index (κ1) is 15.4. The van der Waals surface area contributed by atoms with Crippen LogP contribution in [0.5, 0.6) is 0 Å². The van der Waals surface area contributed by atoms with Crippen LogP contribution in [0.15, 0.2) is 60.9 Å². The summed E-state index contributed by atoms with van der Waals surface area (Å²) in [4.78, 5) is 5.51. The second-order valence-corrected chi connectivity index (χ2v) is 4.13. The SMILES string of the molecule is [O-][Cl+3]([O-])([O-])[O-].c1ccc(CO[n+]2ccccc2)cc1. The van der Waals surface area contributed by atoms with Gasteiger partial charge in [0.05, 0.1) is 0 Å². The van der Waals surface area contributed by atoms with Crippen LogP contribution in [0, 0.1) is 10.2 Å². The summed E-state index contributed by atoms with van der Waals surface area (Å²) in [5.41, 5.74) is 1.17. The molecule has 1 aromatic carbocycles. The zero-order chi connectivity index (χ0) is 14.1. The first-order valence-corrected chi connectivity index (χ1v) is 6.44. The molecule has 2 aromatic rings. The lowest BCUT2D eigenvalue weighted by Gasteiger charge is -2.17. The van der Waals surface area contributed by atoms with Gasteiger partial charge in [-0.1, -0.05) is 36.4 Å². The molecule has 19 heavy (non-hydrogen) atoms. The predicted octanol–water partition coefficient (Wildman–Crippen LogP) is -3.15. The van der Waals surface area contributed by atoms with E-state index in [0.717, 1.165) is 0 Å². The van der Waals surface area contributed by atoms with E-state index < -0.39 is 10.2 Å². The van der Waals surface area contributed by atoms with Crippen LogP contribution in [0.4, 0.5) is 0 Å². The summed E-state index contributed by atoms with van der Waals surface area (Å²) < 4.78 is 35.7. The minimum atomic E-state index is -4.94. The van der Waals surface area contributed by atoms with E-state index in [1.54, 1.807) is 4.73 Å². The average molecular weight is 286 g/mol. The van der Waals surface area contributed by atoms with Gasteiger partial charge in [0, 0.05) is 16.9 Å². The van der Waals surface area contributed by atoms with E-state index in [1.807, 2.05) is 60.9 Å². The van der Waals surface area contributed by atoms with Gasteiger partial charge in [-0.25, -0.2) is 18.6 Å². The Morgan fingerprint density at radius 2 is 1.32 bits per heavy atom. The van der Waals surface area contributed by atoms with E-state index in [9.17, 15) is 0 Å².